The summed E-state index contributed by atoms with van der Waals surface area (Å²) < 4.78 is 0. The fraction of sp³-hybridized carbons (Fsp3) is 0.545. The Balaban J connectivity index is 2.10. The predicted octanol–water partition coefficient (Wildman–Crippen LogP) is 2.24. The molecule has 2 atom stereocenters. The van der Waals surface area contributed by atoms with Crippen molar-refractivity contribution in [2.24, 2.45) is 10.8 Å². The van der Waals surface area contributed by atoms with Crippen LogP contribution in [0.25, 0.3) is 0 Å². The molecule has 0 aromatic carbocycles. The van der Waals surface area contributed by atoms with Crippen molar-refractivity contribution < 1.29 is 4.79 Å². The summed E-state index contributed by atoms with van der Waals surface area (Å²) in [6.07, 6.45) is 12.7. The smallest absolute Gasteiger partial charge is 0.143 e. The van der Waals surface area contributed by atoms with Gasteiger partial charge in [0, 0.05) is 6.42 Å². The van der Waals surface area contributed by atoms with E-state index < -0.39 is 0 Å². The van der Waals surface area contributed by atoms with Crippen molar-refractivity contribution in [1.82, 2.24) is 0 Å². The van der Waals surface area contributed by atoms with Gasteiger partial charge in [0.1, 0.15) is 5.78 Å². The molecule has 0 amide bonds. The van der Waals surface area contributed by atoms with Crippen LogP contribution < -0.4 is 0 Å². The molecule has 2 fully saturated rings. The fourth-order valence-electron chi connectivity index (χ4n) is 3.05. The van der Waals surface area contributed by atoms with Gasteiger partial charge in [-0.25, -0.2) is 0 Å². The highest BCUT2D eigenvalue weighted by Crippen LogP contribution is 2.74. The number of Topliss-reactive ketones (excluding diaryl/α,β-unsaturated/α-hetero) is 1. The molecule has 1 nitrogen and oxygen atoms in total. The molecule has 0 aliphatic heterocycles. The topological polar surface area (TPSA) is 17.1 Å². The van der Waals surface area contributed by atoms with Gasteiger partial charge < -0.3 is 0 Å². The van der Waals surface area contributed by atoms with Crippen LogP contribution in [0.5, 0.6) is 0 Å². The first kappa shape index (κ1) is 6.64. The Bertz CT molecular complexity index is 313. The highest BCUT2D eigenvalue weighted by molar-refractivity contribution is 5.94. The number of carbonyl (C=O) groups excluding carboxylic acids is 1. The third-order valence-electron chi connectivity index (χ3n) is 3.90. The van der Waals surface area contributed by atoms with Crippen LogP contribution in [0.2, 0.25) is 0 Å². The molecule has 0 unspecified atom stereocenters. The molecule has 0 spiro atoms. The molecule has 1 heteroatoms. The van der Waals surface area contributed by atoms with Crippen LogP contribution in [-0.2, 0) is 4.79 Å². The minimum Gasteiger partial charge on any atom is -0.299 e. The lowest BCUT2D eigenvalue weighted by Gasteiger charge is -2.09. The molecule has 3 rings (SSSR count). The van der Waals surface area contributed by atoms with E-state index in [2.05, 4.69) is 24.3 Å². The van der Waals surface area contributed by atoms with Crippen LogP contribution in [0, 0.1) is 10.8 Å². The van der Waals surface area contributed by atoms with E-state index in [1.165, 1.54) is 0 Å². The maximum atomic E-state index is 11.6. The van der Waals surface area contributed by atoms with Gasteiger partial charge in [-0.1, -0.05) is 24.3 Å². The number of allylic oxidation sites excluding steroid dienone is 4. The summed E-state index contributed by atoms with van der Waals surface area (Å²) >= 11 is 0. The highest BCUT2D eigenvalue weighted by atomic mass is 16.1. The monoisotopic (exact) mass is 160 g/mol. The highest BCUT2D eigenvalue weighted by Gasteiger charge is 2.72. The van der Waals surface area contributed by atoms with Crippen molar-refractivity contribution in [2.75, 3.05) is 0 Å². The Morgan fingerprint density at radius 1 is 1.33 bits per heavy atom. The van der Waals surface area contributed by atoms with Gasteiger partial charge in [-0.3, -0.25) is 4.79 Å². The molecular formula is C11H12O. The van der Waals surface area contributed by atoms with E-state index in [4.69, 9.17) is 0 Å². The molecule has 0 heterocycles. The Hall–Kier alpha value is -0.850. The second kappa shape index (κ2) is 1.73. The van der Waals surface area contributed by atoms with Gasteiger partial charge in [0.15, 0.2) is 0 Å². The van der Waals surface area contributed by atoms with Crippen LogP contribution in [0.4, 0.5) is 0 Å². The summed E-state index contributed by atoms with van der Waals surface area (Å²) in [6.45, 7) is 0. The lowest BCUT2D eigenvalue weighted by atomic mass is 9.93. The van der Waals surface area contributed by atoms with Crippen molar-refractivity contribution in [1.29, 1.82) is 0 Å². The van der Waals surface area contributed by atoms with Crippen LogP contribution in [-0.4, -0.2) is 5.78 Å². The van der Waals surface area contributed by atoms with Crippen LogP contribution >= 0.6 is 0 Å². The summed E-state index contributed by atoms with van der Waals surface area (Å²) in [6, 6.07) is 0. The molecular weight excluding hydrogens is 148 g/mol. The summed E-state index contributed by atoms with van der Waals surface area (Å²) in [5.41, 5.74) is 0.365. The Morgan fingerprint density at radius 3 is 3.17 bits per heavy atom. The molecule has 0 saturated heterocycles. The van der Waals surface area contributed by atoms with Crippen molar-refractivity contribution >= 4 is 5.78 Å². The van der Waals surface area contributed by atoms with Gasteiger partial charge in [-0.15, -0.1) is 0 Å². The molecule has 0 radical (unpaired) electrons. The van der Waals surface area contributed by atoms with Crippen molar-refractivity contribution in [3.05, 3.63) is 24.3 Å². The van der Waals surface area contributed by atoms with E-state index in [1.54, 1.807) is 0 Å². The quantitative estimate of drug-likeness (QED) is 0.531. The minimum absolute atomic E-state index is 0.00347. The Labute approximate surface area is 72.2 Å². The molecule has 3 aliphatic carbocycles. The Morgan fingerprint density at radius 2 is 2.25 bits per heavy atom. The summed E-state index contributed by atoms with van der Waals surface area (Å²) in [5.74, 6) is 0.488. The molecule has 2 saturated carbocycles. The standard InChI is InChI=1S/C11H12O/c12-9-4-7-10-5-2-1-3-6-11(9,10)8-10/h1-3,6H,4-5,7-8H2/t10-,11-/m1/s1. The van der Waals surface area contributed by atoms with Crippen LogP contribution in [0.3, 0.4) is 0 Å². The average molecular weight is 160 g/mol. The number of carbonyl (C=O) groups is 1. The molecule has 0 aromatic rings. The van der Waals surface area contributed by atoms with Crippen molar-refractivity contribution in [3.8, 4) is 0 Å². The van der Waals surface area contributed by atoms with E-state index in [0.29, 0.717) is 11.2 Å². The number of ketones is 1. The van der Waals surface area contributed by atoms with E-state index >= 15 is 0 Å². The molecule has 0 N–H and O–H groups in total. The lowest BCUT2D eigenvalue weighted by molar-refractivity contribution is -0.121. The maximum absolute atomic E-state index is 11.6. The third kappa shape index (κ3) is 0.521. The van der Waals surface area contributed by atoms with Gasteiger partial charge >= 0.3 is 0 Å². The summed E-state index contributed by atoms with van der Waals surface area (Å²) in [4.78, 5) is 11.6. The van der Waals surface area contributed by atoms with Crippen LogP contribution in [0.1, 0.15) is 25.7 Å². The molecule has 12 heavy (non-hydrogen) atoms. The number of rotatable bonds is 0. The van der Waals surface area contributed by atoms with Gasteiger partial charge in [0.05, 0.1) is 5.41 Å². The second-order valence-corrected chi connectivity index (χ2v) is 4.34. The van der Waals surface area contributed by atoms with Gasteiger partial charge in [0.25, 0.3) is 0 Å². The van der Waals surface area contributed by atoms with Gasteiger partial charge in [-0.2, -0.15) is 0 Å². The first-order valence-electron chi connectivity index (χ1n) is 4.67. The average Bonchev–Trinajstić information content (AvgIpc) is 2.64. The zero-order chi connectivity index (χ0) is 8.23. The summed E-state index contributed by atoms with van der Waals surface area (Å²) in [7, 11) is 0. The molecule has 0 aromatic heterocycles. The van der Waals surface area contributed by atoms with Crippen molar-refractivity contribution in [2.45, 2.75) is 25.7 Å². The number of hydrogen-bond donors (Lipinski definition) is 0. The van der Waals surface area contributed by atoms with E-state index in [9.17, 15) is 4.79 Å². The maximum Gasteiger partial charge on any atom is 0.143 e. The van der Waals surface area contributed by atoms with Gasteiger partial charge in [-0.05, 0) is 24.7 Å². The molecule has 3 aliphatic rings. The fourth-order valence-corrected chi connectivity index (χ4v) is 3.05. The third-order valence-corrected chi connectivity index (χ3v) is 3.90. The summed E-state index contributed by atoms with van der Waals surface area (Å²) in [5, 5.41) is 0. The zero-order valence-electron chi connectivity index (χ0n) is 7.05. The van der Waals surface area contributed by atoms with E-state index in [0.717, 1.165) is 25.7 Å². The van der Waals surface area contributed by atoms with Crippen molar-refractivity contribution in [3.63, 3.8) is 0 Å². The largest absolute Gasteiger partial charge is 0.299 e. The Kier molecular flexibility index (Phi) is 0.959. The second-order valence-electron chi connectivity index (χ2n) is 4.34. The van der Waals surface area contributed by atoms with Gasteiger partial charge in [0.2, 0.25) is 0 Å². The SMILES string of the molecule is O=C1CC[C@@]23CC=CC=C[C@@]12C3. The molecule has 0 bridgehead atoms. The number of hydrogen-bond acceptors (Lipinski definition) is 1. The zero-order valence-corrected chi connectivity index (χ0v) is 7.05. The first-order chi connectivity index (χ1) is 5.79. The first-order valence-corrected chi connectivity index (χ1v) is 4.67. The predicted molar refractivity (Wildman–Crippen MR) is 46.6 cm³/mol. The minimum atomic E-state index is -0.00347. The van der Waals surface area contributed by atoms with E-state index in [-0.39, 0.29) is 5.41 Å². The van der Waals surface area contributed by atoms with Crippen LogP contribution in [0.15, 0.2) is 24.3 Å². The lowest BCUT2D eigenvalue weighted by Crippen LogP contribution is -2.11. The normalized spacial score (nSPS) is 48.5. The molecule has 62 valence electrons. The van der Waals surface area contributed by atoms with E-state index in [1.807, 2.05) is 0 Å².